The van der Waals surface area contributed by atoms with Crippen LogP contribution in [-0.4, -0.2) is 17.6 Å². The molecule has 20 heavy (non-hydrogen) atoms. The summed E-state index contributed by atoms with van der Waals surface area (Å²) in [6.45, 7) is 6.35. The Morgan fingerprint density at radius 3 is 2.90 bits per heavy atom. The van der Waals surface area contributed by atoms with Crippen molar-refractivity contribution in [2.24, 2.45) is 0 Å². The Kier molecular flexibility index (Phi) is 4.65. The average Bonchev–Trinajstić information content (AvgIpc) is 2.46. The van der Waals surface area contributed by atoms with Gasteiger partial charge in [0.25, 0.3) is 0 Å². The maximum atomic E-state index is 11.6. The van der Waals surface area contributed by atoms with Crippen LogP contribution in [0.5, 0.6) is 5.75 Å². The Bertz CT molecular complexity index is 499. The van der Waals surface area contributed by atoms with Crippen molar-refractivity contribution < 1.29 is 14.6 Å². The zero-order valence-corrected chi connectivity index (χ0v) is 12.4. The van der Waals surface area contributed by atoms with Gasteiger partial charge in [0.15, 0.2) is 0 Å². The first-order valence-electron chi connectivity index (χ1n) is 7.31. The number of aliphatic hydroxyl groups is 1. The molecule has 0 radical (unpaired) electrons. The third kappa shape index (κ3) is 2.96. The smallest absolute Gasteiger partial charge is 0.220 e. The van der Waals surface area contributed by atoms with Crippen molar-refractivity contribution in [2.75, 3.05) is 6.61 Å². The van der Waals surface area contributed by atoms with Crippen LogP contribution < -0.4 is 10.1 Å². The molecule has 1 aromatic carbocycles. The second-order valence-electron chi connectivity index (χ2n) is 5.31. The van der Waals surface area contributed by atoms with E-state index in [9.17, 15) is 9.90 Å². The van der Waals surface area contributed by atoms with E-state index in [1.807, 2.05) is 32.9 Å². The molecule has 1 aliphatic rings. The summed E-state index contributed by atoms with van der Waals surface area (Å²) in [4.78, 5) is 11.6. The summed E-state index contributed by atoms with van der Waals surface area (Å²) < 4.78 is 5.77. The van der Waals surface area contributed by atoms with Crippen molar-refractivity contribution >= 4 is 5.91 Å². The number of nitrogens with one attached hydrogen (secondary N) is 1. The van der Waals surface area contributed by atoms with Crippen molar-refractivity contribution in [1.82, 2.24) is 5.32 Å². The van der Waals surface area contributed by atoms with Gasteiger partial charge in [-0.15, -0.1) is 0 Å². The number of rotatable bonds is 4. The van der Waals surface area contributed by atoms with Crippen molar-refractivity contribution in [3.05, 3.63) is 28.8 Å². The molecule has 0 aromatic heterocycles. The minimum atomic E-state index is -0.524. The Hall–Kier alpha value is -1.55. The molecule has 2 N–H and O–H groups in total. The molecule has 1 heterocycles. The second-order valence-corrected chi connectivity index (χ2v) is 5.31. The first-order valence-corrected chi connectivity index (χ1v) is 7.31. The summed E-state index contributed by atoms with van der Waals surface area (Å²) in [6, 6.07) is 3.99. The SMILES string of the molecule is CCC(=O)NC1CCOc2c(C(O)CC)cc(C)cc21. The third-order valence-electron chi connectivity index (χ3n) is 3.72. The summed E-state index contributed by atoms with van der Waals surface area (Å²) in [5, 5.41) is 13.2. The van der Waals surface area contributed by atoms with Crippen LogP contribution in [0.25, 0.3) is 0 Å². The molecule has 2 atom stereocenters. The fourth-order valence-corrected chi connectivity index (χ4v) is 2.60. The molecule has 1 aliphatic heterocycles. The molecule has 0 spiro atoms. The van der Waals surface area contributed by atoms with Gasteiger partial charge >= 0.3 is 0 Å². The van der Waals surface area contributed by atoms with Crippen molar-refractivity contribution in [1.29, 1.82) is 0 Å². The van der Waals surface area contributed by atoms with Crippen LogP contribution in [0.3, 0.4) is 0 Å². The lowest BCUT2D eigenvalue weighted by Gasteiger charge is -2.30. The van der Waals surface area contributed by atoms with Crippen LogP contribution in [0, 0.1) is 6.92 Å². The van der Waals surface area contributed by atoms with Gasteiger partial charge in [0.1, 0.15) is 5.75 Å². The third-order valence-corrected chi connectivity index (χ3v) is 3.72. The number of hydrogen-bond donors (Lipinski definition) is 2. The molecule has 0 bridgehead atoms. The van der Waals surface area contributed by atoms with E-state index >= 15 is 0 Å². The molecule has 1 amide bonds. The van der Waals surface area contributed by atoms with E-state index in [0.717, 1.165) is 28.9 Å². The fourth-order valence-electron chi connectivity index (χ4n) is 2.60. The number of hydrogen-bond acceptors (Lipinski definition) is 3. The molecule has 0 fully saturated rings. The number of aryl methyl sites for hydroxylation is 1. The van der Waals surface area contributed by atoms with E-state index in [1.54, 1.807) is 0 Å². The Balaban J connectivity index is 2.40. The predicted molar refractivity (Wildman–Crippen MR) is 77.7 cm³/mol. The lowest BCUT2D eigenvalue weighted by molar-refractivity contribution is -0.121. The monoisotopic (exact) mass is 277 g/mol. The summed E-state index contributed by atoms with van der Waals surface area (Å²) in [5.41, 5.74) is 2.89. The Labute approximate surface area is 120 Å². The number of ether oxygens (including phenoxy) is 1. The highest BCUT2D eigenvalue weighted by Crippen LogP contribution is 2.39. The molecule has 4 nitrogen and oxygen atoms in total. The molecule has 0 saturated heterocycles. The quantitative estimate of drug-likeness (QED) is 0.889. The maximum absolute atomic E-state index is 11.6. The highest BCUT2D eigenvalue weighted by Gasteiger charge is 2.27. The van der Waals surface area contributed by atoms with Gasteiger partial charge in [-0.25, -0.2) is 0 Å². The van der Waals surface area contributed by atoms with E-state index in [0.29, 0.717) is 19.4 Å². The molecular weight excluding hydrogens is 254 g/mol. The van der Waals surface area contributed by atoms with Gasteiger partial charge in [0.05, 0.1) is 18.8 Å². The van der Waals surface area contributed by atoms with E-state index in [-0.39, 0.29) is 11.9 Å². The van der Waals surface area contributed by atoms with Gasteiger partial charge in [-0.05, 0) is 19.4 Å². The molecule has 2 unspecified atom stereocenters. The van der Waals surface area contributed by atoms with Gasteiger partial charge < -0.3 is 15.2 Å². The van der Waals surface area contributed by atoms with Crippen LogP contribution in [0.2, 0.25) is 0 Å². The van der Waals surface area contributed by atoms with Crippen LogP contribution in [0.4, 0.5) is 0 Å². The Morgan fingerprint density at radius 1 is 1.50 bits per heavy atom. The summed E-state index contributed by atoms with van der Waals surface area (Å²) in [6.07, 6.45) is 1.36. The highest BCUT2D eigenvalue weighted by atomic mass is 16.5. The van der Waals surface area contributed by atoms with Gasteiger partial charge in [0, 0.05) is 24.0 Å². The number of amides is 1. The fraction of sp³-hybridized carbons (Fsp3) is 0.562. The first-order chi connectivity index (χ1) is 9.56. The topological polar surface area (TPSA) is 58.6 Å². The zero-order chi connectivity index (χ0) is 14.7. The summed E-state index contributed by atoms with van der Waals surface area (Å²) in [7, 11) is 0. The van der Waals surface area contributed by atoms with Crippen LogP contribution >= 0.6 is 0 Å². The summed E-state index contributed by atoms with van der Waals surface area (Å²) >= 11 is 0. The van der Waals surface area contributed by atoms with Crippen LogP contribution in [-0.2, 0) is 4.79 Å². The van der Waals surface area contributed by atoms with Gasteiger partial charge in [0.2, 0.25) is 5.91 Å². The lowest BCUT2D eigenvalue weighted by atomic mass is 9.92. The molecule has 110 valence electrons. The number of carbonyl (C=O) groups excluding carboxylic acids is 1. The molecular formula is C16H23NO3. The van der Waals surface area contributed by atoms with E-state index in [4.69, 9.17) is 4.74 Å². The van der Waals surface area contributed by atoms with Crippen LogP contribution in [0.1, 0.15) is 61.9 Å². The molecule has 4 heteroatoms. The van der Waals surface area contributed by atoms with E-state index < -0.39 is 6.10 Å². The minimum Gasteiger partial charge on any atom is -0.493 e. The first kappa shape index (κ1) is 14.9. The van der Waals surface area contributed by atoms with Crippen molar-refractivity contribution in [2.45, 2.75) is 52.2 Å². The second kappa shape index (κ2) is 6.27. The minimum absolute atomic E-state index is 0.0195. The van der Waals surface area contributed by atoms with Gasteiger partial charge in [-0.2, -0.15) is 0 Å². The number of benzene rings is 1. The normalized spacial score (nSPS) is 18.9. The van der Waals surface area contributed by atoms with E-state index in [1.165, 1.54) is 0 Å². The number of carbonyl (C=O) groups is 1. The zero-order valence-electron chi connectivity index (χ0n) is 12.4. The Morgan fingerprint density at radius 2 is 2.25 bits per heavy atom. The molecule has 2 rings (SSSR count). The highest BCUT2D eigenvalue weighted by molar-refractivity contribution is 5.76. The van der Waals surface area contributed by atoms with Crippen molar-refractivity contribution in [3.63, 3.8) is 0 Å². The number of aliphatic hydroxyl groups excluding tert-OH is 1. The molecule has 0 saturated carbocycles. The van der Waals surface area contributed by atoms with Crippen molar-refractivity contribution in [3.8, 4) is 5.75 Å². The standard InChI is InChI=1S/C16H23NO3/c1-4-14(18)12-9-10(3)8-11-13(17-15(19)5-2)6-7-20-16(11)12/h8-9,13-14,18H,4-7H2,1-3H3,(H,17,19). The predicted octanol–water partition coefficient (Wildman–Crippen LogP) is 2.79. The summed E-state index contributed by atoms with van der Waals surface area (Å²) in [5.74, 6) is 0.791. The van der Waals surface area contributed by atoms with E-state index in [2.05, 4.69) is 5.32 Å². The molecule has 1 aromatic rings. The maximum Gasteiger partial charge on any atom is 0.220 e. The van der Waals surface area contributed by atoms with Crippen LogP contribution in [0.15, 0.2) is 12.1 Å². The lowest BCUT2D eigenvalue weighted by Crippen LogP contribution is -2.32. The number of fused-ring (bicyclic) bond motifs is 1. The van der Waals surface area contributed by atoms with Gasteiger partial charge in [-0.3, -0.25) is 4.79 Å². The van der Waals surface area contributed by atoms with Gasteiger partial charge in [-0.1, -0.05) is 25.5 Å². The largest absolute Gasteiger partial charge is 0.493 e. The molecule has 0 aliphatic carbocycles. The average molecular weight is 277 g/mol.